The van der Waals surface area contributed by atoms with E-state index in [2.05, 4.69) is 0 Å². The van der Waals surface area contributed by atoms with Gasteiger partial charge >= 0.3 is 12.1 Å². The van der Waals surface area contributed by atoms with E-state index in [9.17, 15) is 28.1 Å². The molecule has 1 atom stereocenters. The van der Waals surface area contributed by atoms with Crippen LogP contribution in [0.3, 0.4) is 0 Å². The highest BCUT2D eigenvalue weighted by atomic mass is 19.4. The second kappa shape index (κ2) is 8.98. The number of hydrogen-bond donors (Lipinski definition) is 0. The molecule has 2 fully saturated rings. The normalized spacial score (nSPS) is 21.1. The van der Waals surface area contributed by atoms with Gasteiger partial charge in [0.25, 0.3) is 5.69 Å². The van der Waals surface area contributed by atoms with Crippen LogP contribution in [0.25, 0.3) is 0 Å². The van der Waals surface area contributed by atoms with Gasteiger partial charge in [-0.1, -0.05) is 0 Å². The molecule has 0 bridgehead atoms. The topological polar surface area (TPSA) is 81.9 Å². The molecule has 29 heavy (non-hydrogen) atoms. The van der Waals surface area contributed by atoms with Crippen LogP contribution in [0.2, 0.25) is 0 Å². The molecule has 0 radical (unpaired) electrons. The predicted molar refractivity (Wildman–Crippen MR) is 97.6 cm³/mol. The van der Waals surface area contributed by atoms with Crippen molar-refractivity contribution in [3.05, 3.63) is 33.9 Å². The minimum Gasteiger partial charge on any atom is -0.463 e. The summed E-state index contributed by atoms with van der Waals surface area (Å²) in [5.41, 5.74) is -1.52. The number of alkyl halides is 3. The zero-order chi connectivity index (χ0) is 21.0. The van der Waals surface area contributed by atoms with Gasteiger partial charge in [-0.15, -0.1) is 0 Å². The lowest BCUT2D eigenvalue weighted by Crippen LogP contribution is -2.38. The Kier molecular flexibility index (Phi) is 6.61. The number of piperidine rings is 1. The van der Waals surface area contributed by atoms with Crippen molar-refractivity contribution in [2.45, 2.75) is 44.4 Å². The highest BCUT2D eigenvalue weighted by molar-refractivity contribution is 5.73. The fourth-order valence-electron chi connectivity index (χ4n) is 3.70. The van der Waals surface area contributed by atoms with Crippen LogP contribution in [0, 0.1) is 16.0 Å². The molecule has 7 nitrogen and oxygen atoms in total. The summed E-state index contributed by atoms with van der Waals surface area (Å²) in [7, 11) is 0. The molecule has 0 amide bonds. The summed E-state index contributed by atoms with van der Waals surface area (Å²) in [5.74, 6) is -0.649. The van der Waals surface area contributed by atoms with Gasteiger partial charge in [0.2, 0.25) is 0 Å². The first kappa shape index (κ1) is 21.4. The van der Waals surface area contributed by atoms with Gasteiger partial charge in [-0.2, -0.15) is 13.2 Å². The van der Waals surface area contributed by atoms with Gasteiger partial charge in [0.05, 0.1) is 22.5 Å². The quantitative estimate of drug-likeness (QED) is 0.411. The Morgan fingerprint density at radius 3 is 2.55 bits per heavy atom. The van der Waals surface area contributed by atoms with Crippen LogP contribution in [0.1, 0.15) is 37.7 Å². The molecule has 0 saturated carbocycles. The molecule has 0 N–H and O–H groups in total. The molecule has 2 aliphatic rings. The number of nitro groups is 1. The van der Waals surface area contributed by atoms with Gasteiger partial charge in [0.1, 0.15) is 12.3 Å². The van der Waals surface area contributed by atoms with E-state index < -0.39 is 22.4 Å². The predicted octanol–water partition coefficient (Wildman–Crippen LogP) is 3.94. The Hall–Kier alpha value is -2.36. The second-order valence-electron chi connectivity index (χ2n) is 7.34. The Labute approximate surface area is 165 Å². The van der Waals surface area contributed by atoms with E-state index >= 15 is 0 Å². The van der Waals surface area contributed by atoms with Gasteiger partial charge in [0.15, 0.2) is 0 Å². The number of anilines is 1. The largest absolute Gasteiger partial charge is 0.463 e. The van der Waals surface area contributed by atoms with Crippen LogP contribution in [0.4, 0.5) is 24.5 Å². The highest BCUT2D eigenvalue weighted by Gasteiger charge is 2.35. The maximum absolute atomic E-state index is 12.9. The summed E-state index contributed by atoms with van der Waals surface area (Å²) in [5, 5.41) is 11.3. The van der Waals surface area contributed by atoms with E-state index in [-0.39, 0.29) is 30.3 Å². The average molecular weight is 416 g/mol. The van der Waals surface area contributed by atoms with E-state index in [1.165, 1.54) is 0 Å². The van der Waals surface area contributed by atoms with E-state index in [1.54, 1.807) is 4.90 Å². The van der Waals surface area contributed by atoms with Crippen molar-refractivity contribution in [3.63, 3.8) is 0 Å². The maximum Gasteiger partial charge on any atom is 0.416 e. The highest BCUT2D eigenvalue weighted by Crippen LogP contribution is 2.37. The number of ether oxygens (including phenoxy) is 2. The molecular formula is C19H23F3N2O5. The summed E-state index contributed by atoms with van der Waals surface area (Å²) < 4.78 is 49.5. The van der Waals surface area contributed by atoms with Crippen LogP contribution in [0.15, 0.2) is 18.2 Å². The fourth-order valence-corrected chi connectivity index (χ4v) is 3.70. The lowest BCUT2D eigenvalue weighted by atomic mass is 9.96. The second-order valence-corrected chi connectivity index (χ2v) is 7.34. The lowest BCUT2D eigenvalue weighted by molar-refractivity contribution is -0.384. The fraction of sp³-hybridized carbons (Fsp3) is 0.632. The molecule has 0 spiro atoms. The molecule has 160 valence electrons. The van der Waals surface area contributed by atoms with Crippen molar-refractivity contribution < 1.29 is 32.4 Å². The molecule has 0 aliphatic carbocycles. The van der Waals surface area contributed by atoms with Crippen LogP contribution >= 0.6 is 0 Å². The van der Waals surface area contributed by atoms with E-state index in [1.807, 2.05) is 0 Å². The molecule has 2 heterocycles. The lowest BCUT2D eigenvalue weighted by Gasteiger charge is -2.32. The van der Waals surface area contributed by atoms with Crippen molar-refractivity contribution in [2.24, 2.45) is 5.92 Å². The Morgan fingerprint density at radius 2 is 1.97 bits per heavy atom. The Morgan fingerprint density at radius 1 is 1.24 bits per heavy atom. The number of carbonyl (C=O) groups excluding carboxylic acids is 1. The number of nitrogens with zero attached hydrogens (tertiary/aromatic N) is 2. The molecule has 1 aromatic carbocycles. The molecule has 10 heteroatoms. The summed E-state index contributed by atoms with van der Waals surface area (Å²) in [6, 6.07) is 2.52. The smallest absolute Gasteiger partial charge is 0.416 e. The maximum atomic E-state index is 12.9. The van der Waals surface area contributed by atoms with Gasteiger partial charge in [0, 0.05) is 25.8 Å². The third-order valence-corrected chi connectivity index (χ3v) is 5.35. The minimum atomic E-state index is -4.65. The number of halogens is 3. The SMILES string of the molecule is O=C(OCC1CCCCO1)C1CCN(c2ccc(C(F)(F)F)cc2[N+](=O)[O-])CC1. The average Bonchev–Trinajstić information content (AvgIpc) is 2.71. The Balaban J connectivity index is 1.58. The molecule has 2 saturated heterocycles. The summed E-state index contributed by atoms with van der Waals surface area (Å²) in [6.45, 7) is 1.55. The third-order valence-electron chi connectivity index (χ3n) is 5.35. The van der Waals surface area contributed by atoms with Crippen LogP contribution in [-0.4, -0.2) is 43.3 Å². The standard InChI is InChI=1S/C19H23F3N2O5/c20-19(21,22)14-4-5-16(17(11-14)24(26)27)23-8-6-13(7-9-23)18(25)29-12-15-3-1-2-10-28-15/h4-5,11,13,15H,1-3,6-10,12H2. The third kappa shape index (κ3) is 5.37. The van der Waals surface area contributed by atoms with Crippen molar-refractivity contribution in [1.29, 1.82) is 0 Å². The van der Waals surface area contributed by atoms with Crippen molar-refractivity contribution in [3.8, 4) is 0 Å². The number of esters is 1. The van der Waals surface area contributed by atoms with Crippen LogP contribution < -0.4 is 4.90 Å². The van der Waals surface area contributed by atoms with Gasteiger partial charge < -0.3 is 14.4 Å². The number of nitro benzene ring substituents is 1. The van der Waals surface area contributed by atoms with Gasteiger partial charge in [-0.25, -0.2) is 0 Å². The van der Waals surface area contributed by atoms with Gasteiger partial charge in [-0.3, -0.25) is 14.9 Å². The molecule has 1 aromatic rings. The van der Waals surface area contributed by atoms with Crippen molar-refractivity contribution >= 4 is 17.3 Å². The molecule has 0 aromatic heterocycles. The van der Waals surface area contributed by atoms with Crippen LogP contribution in [0.5, 0.6) is 0 Å². The summed E-state index contributed by atoms with van der Waals surface area (Å²) in [6.07, 6.45) is -0.954. The van der Waals surface area contributed by atoms with Crippen molar-refractivity contribution in [1.82, 2.24) is 0 Å². The molecular weight excluding hydrogens is 393 g/mol. The molecule has 1 unspecified atom stereocenters. The number of hydrogen-bond acceptors (Lipinski definition) is 6. The van der Waals surface area contributed by atoms with Crippen LogP contribution in [-0.2, 0) is 20.4 Å². The van der Waals surface area contributed by atoms with Crippen molar-refractivity contribution in [2.75, 3.05) is 31.2 Å². The number of benzene rings is 1. The van der Waals surface area contributed by atoms with Gasteiger partial charge in [-0.05, 0) is 44.2 Å². The monoisotopic (exact) mass is 416 g/mol. The first-order valence-electron chi connectivity index (χ1n) is 9.64. The number of rotatable bonds is 5. The Bertz CT molecular complexity index is 742. The summed E-state index contributed by atoms with van der Waals surface area (Å²) >= 11 is 0. The first-order valence-corrected chi connectivity index (χ1v) is 9.64. The zero-order valence-electron chi connectivity index (χ0n) is 15.8. The summed E-state index contributed by atoms with van der Waals surface area (Å²) in [4.78, 5) is 24.4. The van der Waals surface area contributed by atoms with E-state index in [4.69, 9.17) is 9.47 Å². The molecule has 2 aliphatic heterocycles. The number of carbonyl (C=O) groups is 1. The van der Waals surface area contributed by atoms with E-state index in [0.717, 1.165) is 31.4 Å². The van der Waals surface area contributed by atoms with E-state index in [0.29, 0.717) is 38.6 Å². The molecule has 3 rings (SSSR count). The zero-order valence-corrected chi connectivity index (χ0v) is 15.8. The first-order chi connectivity index (χ1) is 13.8. The minimum absolute atomic E-state index is 0.0671.